The highest BCUT2D eigenvalue weighted by Crippen LogP contribution is 2.23. The Morgan fingerprint density at radius 2 is 2.05 bits per heavy atom. The van der Waals surface area contributed by atoms with E-state index >= 15 is 0 Å². The Hall–Kier alpha value is -1.39. The zero-order chi connectivity index (χ0) is 13.8. The molecule has 1 aliphatic heterocycles. The second-order valence-corrected chi connectivity index (χ2v) is 5.37. The number of carbonyl (C=O) groups excluding carboxylic acids is 1. The van der Waals surface area contributed by atoms with E-state index in [1.807, 2.05) is 35.2 Å². The van der Waals surface area contributed by atoms with Gasteiger partial charge in [-0.15, -0.1) is 0 Å². The number of ether oxygens (including phenoxy) is 1. The summed E-state index contributed by atoms with van der Waals surface area (Å²) in [4.78, 5) is 14.4. The standard InChI is InChI=1S/C15H22N2O2/c1-11-8-13(16)10-17(9-11)15(18)14(19-2)12-6-4-3-5-7-12/h3-7,11,13-14H,8-10,16H2,1-2H3. The van der Waals surface area contributed by atoms with Gasteiger partial charge in [-0.25, -0.2) is 0 Å². The maximum Gasteiger partial charge on any atom is 0.256 e. The number of hydrogen-bond donors (Lipinski definition) is 1. The minimum atomic E-state index is -0.529. The normalized spacial score (nSPS) is 25.1. The third-order valence-corrected chi connectivity index (χ3v) is 3.57. The van der Waals surface area contributed by atoms with Crippen molar-refractivity contribution in [3.63, 3.8) is 0 Å². The van der Waals surface area contributed by atoms with E-state index in [0.29, 0.717) is 12.5 Å². The summed E-state index contributed by atoms with van der Waals surface area (Å²) in [6.45, 7) is 3.51. The second-order valence-electron chi connectivity index (χ2n) is 5.37. The second kappa shape index (κ2) is 6.17. The molecule has 0 saturated carbocycles. The highest BCUT2D eigenvalue weighted by molar-refractivity contribution is 5.82. The Balaban J connectivity index is 2.13. The van der Waals surface area contributed by atoms with Crippen LogP contribution in [0.2, 0.25) is 0 Å². The number of nitrogens with zero attached hydrogens (tertiary/aromatic N) is 1. The smallest absolute Gasteiger partial charge is 0.256 e. The third kappa shape index (κ3) is 3.33. The van der Waals surface area contributed by atoms with Crippen LogP contribution < -0.4 is 5.73 Å². The first-order valence-corrected chi connectivity index (χ1v) is 6.74. The van der Waals surface area contributed by atoms with Crippen molar-refractivity contribution in [3.05, 3.63) is 35.9 Å². The van der Waals surface area contributed by atoms with E-state index in [1.54, 1.807) is 7.11 Å². The Bertz CT molecular complexity index is 411. The van der Waals surface area contributed by atoms with E-state index in [1.165, 1.54) is 0 Å². The van der Waals surface area contributed by atoms with Crippen LogP contribution in [0.25, 0.3) is 0 Å². The van der Waals surface area contributed by atoms with E-state index in [-0.39, 0.29) is 11.9 Å². The maximum absolute atomic E-state index is 12.6. The van der Waals surface area contributed by atoms with Crippen molar-refractivity contribution >= 4 is 5.91 Å². The van der Waals surface area contributed by atoms with Crippen molar-refractivity contribution in [2.75, 3.05) is 20.2 Å². The van der Waals surface area contributed by atoms with Gasteiger partial charge in [-0.2, -0.15) is 0 Å². The van der Waals surface area contributed by atoms with Crippen LogP contribution in [0.4, 0.5) is 0 Å². The van der Waals surface area contributed by atoms with Gasteiger partial charge in [0.05, 0.1) is 0 Å². The monoisotopic (exact) mass is 262 g/mol. The number of methoxy groups -OCH3 is 1. The zero-order valence-corrected chi connectivity index (χ0v) is 11.6. The summed E-state index contributed by atoms with van der Waals surface area (Å²) < 4.78 is 5.39. The minimum Gasteiger partial charge on any atom is -0.367 e. The lowest BCUT2D eigenvalue weighted by atomic mass is 9.95. The molecule has 3 atom stereocenters. The van der Waals surface area contributed by atoms with E-state index in [2.05, 4.69) is 6.92 Å². The molecule has 4 heteroatoms. The van der Waals surface area contributed by atoms with Crippen molar-refractivity contribution in [3.8, 4) is 0 Å². The molecule has 0 radical (unpaired) electrons. The van der Waals surface area contributed by atoms with E-state index in [0.717, 1.165) is 18.5 Å². The van der Waals surface area contributed by atoms with Crippen LogP contribution in [0.3, 0.4) is 0 Å². The van der Waals surface area contributed by atoms with E-state index in [4.69, 9.17) is 10.5 Å². The predicted octanol–water partition coefficient (Wildman–Crippen LogP) is 1.57. The molecule has 104 valence electrons. The van der Waals surface area contributed by atoms with E-state index in [9.17, 15) is 4.79 Å². The molecule has 1 fully saturated rings. The maximum atomic E-state index is 12.6. The first-order chi connectivity index (χ1) is 9.11. The lowest BCUT2D eigenvalue weighted by Crippen LogP contribution is -2.50. The summed E-state index contributed by atoms with van der Waals surface area (Å²) in [5.41, 5.74) is 6.89. The largest absolute Gasteiger partial charge is 0.367 e. The van der Waals surface area contributed by atoms with Gasteiger partial charge in [0.25, 0.3) is 5.91 Å². The van der Waals surface area contributed by atoms with Crippen LogP contribution in [-0.2, 0) is 9.53 Å². The van der Waals surface area contributed by atoms with Gasteiger partial charge in [-0.05, 0) is 17.9 Å². The summed E-state index contributed by atoms with van der Waals surface area (Å²) >= 11 is 0. The molecule has 1 heterocycles. The highest BCUT2D eigenvalue weighted by Gasteiger charge is 2.31. The molecule has 1 aromatic rings. The summed E-state index contributed by atoms with van der Waals surface area (Å²) in [5, 5.41) is 0. The van der Waals surface area contributed by atoms with Gasteiger partial charge in [-0.1, -0.05) is 37.3 Å². The molecule has 0 spiro atoms. The topological polar surface area (TPSA) is 55.6 Å². The minimum absolute atomic E-state index is 0.00991. The van der Waals surface area contributed by atoms with Crippen LogP contribution in [-0.4, -0.2) is 37.0 Å². The molecule has 3 unspecified atom stereocenters. The number of nitrogens with two attached hydrogens (primary N) is 1. The van der Waals surface area contributed by atoms with Crippen molar-refractivity contribution in [1.82, 2.24) is 4.90 Å². The number of rotatable bonds is 3. The fraction of sp³-hybridized carbons (Fsp3) is 0.533. The average Bonchev–Trinajstić information content (AvgIpc) is 2.39. The molecule has 19 heavy (non-hydrogen) atoms. The van der Waals surface area contributed by atoms with Gasteiger partial charge >= 0.3 is 0 Å². The van der Waals surface area contributed by atoms with Crippen molar-refractivity contribution in [1.29, 1.82) is 0 Å². The van der Waals surface area contributed by atoms with Gasteiger partial charge in [0, 0.05) is 26.2 Å². The molecule has 1 aromatic carbocycles. The summed E-state index contributed by atoms with van der Waals surface area (Å²) in [6, 6.07) is 9.66. The quantitative estimate of drug-likeness (QED) is 0.899. The summed E-state index contributed by atoms with van der Waals surface area (Å²) in [6.07, 6.45) is 0.450. The number of benzene rings is 1. The Kier molecular flexibility index (Phi) is 4.56. The van der Waals surface area contributed by atoms with Crippen LogP contribution in [0.15, 0.2) is 30.3 Å². The lowest BCUT2D eigenvalue weighted by Gasteiger charge is -2.36. The van der Waals surface area contributed by atoms with E-state index < -0.39 is 6.10 Å². The Labute approximate surface area is 114 Å². The lowest BCUT2D eigenvalue weighted by molar-refractivity contribution is -0.144. The number of hydrogen-bond acceptors (Lipinski definition) is 3. The van der Waals surface area contributed by atoms with Crippen molar-refractivity contribution < 1.29 is 9.53 Å². The molecule has 2 N–H and O–H groups in total. The zero-order valence-electron chi connectivity index (χ0n) is 11.6. The molecular formula is C15H22N2O2. The average molecular weight is 262 g/mol. The van der Waals surface area contributed by atoms with Gasteiger partial charge in [0.15, 0.2) is 6.10 Å². The number of likely N-dealkylation sites (tertiary alicyclic amines) is 1. The number of amides is 1. The predicted molar refractivity (Wildman–Crippen MR) is 74.5 cm³/mol. The molecule has 0 bridgehead atoms. The molecule has 1 amide bonds. The number of piperidine rings is 1. The molecule has 4 nitrogen and oxygen atoms in total. The summed E-state index contributed by atoms with van der Waals surface area (Å²) in [7, 11) is 1.57. The van der Waals surface area contributed by atoms with Crippen LogP contribution >= 0.6 is 0 Å². The first kappa shape index (κ1) is 14.0. The van der Waals surface area contributed by atoms with Gasteiger partial charge in [0.1, 0.15) is 0 Å². The number of carbonyl (C=O) groups is 1. The fourth-order valence-corrected chi connectivity index (χ4v) is 2.75. The molecule has 1 saturated heterocycles. The molecule has 1 aliphatic rings. The summed E-state index contributed by atoms with van der Waals surface area (Å²) in [5.74, 6) is 0.455. The van der Waals surface area contributed by atoms with Crippen LogP contribution in [0.1, 0.15) is 25.0 Å². The van der Waals surface area contributed by atoms with Gasteiger partial charge in [-0.3, -0.25) is 4.79 Å². The first-order valence-electron chi connectivity index (χ1n) is 6.74. The van der Waals surface area contributed by atoms with Crippen LogP contribution in [0.5, 0.6) is 0 Å². The highest BCUT2D eigenvalue weighted by atomic mass is 16.5. The molecular weight excluding hydrogens is 240 g/mol. The van der Waals surface area contributed by atoms with Crippen molar-refractivity contribution in [2.24, 2.45) is 11.7 Å². The molecule has 0 aliphatic carbocycles. The Morgan fingerprint density at radius 3 is 2.63 bits per heavy atom. The molecule has 0 aromatic heterocycles. The van der Waals surface area contributed by atoms with Gasteiger partial charge in [0.2, 0.25) is 0 Å². The fourth-order valence-electron chi connectivity index (χ4n) is 2.75. The van der Waals surface area contributed by atoms with Crippen molar-refractivity contribution in [2.45, 2.75) is 25.5 Å². The SMILES string of the molecule is COC(C(=O)N1CC(C)CC(N)C1)c1ccccc1. The molecule has 2 rings (SSSR count). The van der Waals surface area contributed by atoms with Gasteiger partial charge < -0.3 is 15.4 Å². The Morgan fingerprint density at radius 1 is 1.37 bits per heavy atom. The van der Waals surface area contributed by atoms with Crippen LogP contribution in [0, 0.1) is 5.92 Å². The third-order valence-electron chi connectivity index (χ3n) is 3.57.